The lowest BCUT2D eigenvalue weighted by atomic mass is 10.1. The van der Waals surface area contributed by atoms with E-state index in [0.29, 0.717) is 11.1 Å². The molecule has 1 heterocycles. The predicted molar refractivity (Wildman–Crippen MR) is 51.7 cm³/mol. The van der Waals surface area contributed by atoms with Crippen molar-refractivity contribution in [1.29, 1.82) is 0 Å². The number of rotatable bonds is 1. The lowest BCUT2D eigenvalue weighted by molar-refractivity contribution is 0.0651. The number of halogens is 1. The Labute approximate surface area is 82.3 Å². The summed E-state index contributed by atoms with van der Waals surface area (Å²) in [4.78, 5) is 13.4. The van der Waals surface area contributed by atoms with Gasteiger partial charge in [-0.3, -0.25) is 4.79 Å². The van der Waals surface area contributed by atoms with E-state index in [1.165, 1.54) is 6.07 Å². The van der Waals surface area contributed by atoms with Gasteiger partial charge in [0.25, 0.3) is 5.91 Å². The molecule has 1 fully saturated rings. The molecule has 2 rings (SSSR count). The van der Waals surface area contributed by atoms with Gasteiger partial charge in [-0.2, -0.15) is 0 Å². The first kappa shape index (κ1) is 9.19. The number of likely N-dealkylation sites (tertiary alicyclic amines) is 1. The van der Waals surface area contributed by atoms with E-state index in [1.807, 2.05) is 0 Å². The van der Waals surface area contributed by atoms with Crippen molar-refractivity contribution in [3.8, 4) is 0 Å². The average molecular weight is 193 g/mol. The van der Waals surface area contributed by atoms with Crippen LogP contribution >= 0.6 is 0 Å². The molecular weight excluding hydrogens is 181 g/mol. The van der Waals surface area contributed by atoms with Gasteiger partial charge in [0, 0.05) is 18.7 Å². The molecule has 0 unspecified atom stereocenters. The highest BCUT2D eigenvalue weighted by Crippen LogP contribution is 2.15. The number of carbonyl (C=O) groups excluding carboxylic acids is 1. The third kappa shape index (κ3) is 1.50. The standard InChI is InChI=1S/C11H12FNO/c1-8-3-4-9(7-10(8)12)11(14)13-5-2-6-13/h3-4,7H,2,5-6H2,1H3. The maximum Gasteiger partial charge on any atom is 0.253 e. The number of hydrogen-bond donors (Lipinski definition) is 0. The fourth-order valence-electron chi connectivity index (χ4n) is 1.43. The van der Waals surface area contributed by atoms with E-state index in [2.05, 4.69) is 0 Å². The minimum absolute atomic E-state index is 0.0600. The van der Waals surface area contributed by atoms with Crippen LogP contribution in [-0.2, 0) is 0 Å². The summed E-state index contributed by atoms with van der Waals surface area (Å²) in [5, 5.41) is 0. The van der Waals surface area contributed by atoms with Gasteiger partial charge in [0.15, 0.2) is 0 Å². The lowest BCUT2D eigenvalue weighted by Gasteiger charge is -2.30. The first-order chi connectivity index (χ1) is 6.68. The van der Waals surface area contributed by atoms with Gasteiger partial charge in [0.2, 0.25) is 0 Å². The molecule has 0 bridgehead atoms. The first-order valence-corrected chi connectivity index (χ1v) is 4.74. The Hall–Kier alpha value is -1.38. The predicted octanol–water partition coefficient (Wildman–Crippen LogP) is 1.98. The van der Waals surface area contributed by atoms with Crippen molar-refractivity contribution >= 4 is 5.91 Å². The number of aryl methyl sites for hydroxylation is 1. The van der Waals surface area contributed by atoms with Crippen LogP contribution in [0.5, 0.6) is 0 Å². The van der Waals surface area contributed by atoms with Gasteiger partial charge >= 0.3 is 0 Å². The summed E-state index contributed by atoms with van der Waals surface area (Å²) in [5.74, 6) is -0.369. The maximum atomic E-state index is 13.2. The number of carbonyl (C=O) groups is 1. The highest BCUT2D eigenvalue weighted by molar-refractivity contribution is 5.94. The van der Waals surface area contributed by atoms with Crippen LogP contribution < -0.4 is 0 Å². The molecule has 1 aliphatic heterocycles. The van der Waals surface area contributed by atoms with Crippen molar-refractivity contribution in [1.82, 2.24) is 4.90 Å². The zero-order valence-corrected chi connectivity index (χ0v) is 8.09. The Kier molecular flexibility index (Phi) is 2.23. The van der Waals surface area contributed by atoms with Crippen LogP contribution in [0.25, 0.3) is 0 Å². The Balaban J connectivity index is 2.23. The van der Waals surface area contributed by atoms with Crippen LogP contribution in [0.15, 0.2) is 18.2 Å². The molecule has 14 heavy (non-hydrogen) atoms. The Morgan fingerprint density at radius 2 is 2.14 bits per heavy atom. The summed E-state index contributed by atoms with van der Waals surface area (Å²) >= 11 is 0. The van der Waals surface area contributed by atoms with Crippen LogP contribution in [-0.4, -0.2) is 23.9 Å². The van der Waals surface area contributed by atoms with Gasteiger partial charge in [-0.05, 0) is 31.0 Å². The average Bonchev–Trinajstić information content (AvgIpc) is 2.06. The minimum Gasteiger partial charge on any atom is -0.339 e. The molecule has 0 atom stereocenters. The van der Waals surface area contributed by atoms with Gasteiger partial charge in [0.1, 0.15) is 5.82 Å². The van der Waals surface area contributed by atoms with Crippen molar-refractivity contribution in [2.75, 3.05) is 13.1 Å². The molecule has 74 valence electrons. The maximum absolute atomic E-state index is 13.2. The van der Waals surface area contributed by atoms with E-state index in [4.69, 9.17) is 0 Å². The topological polar surface area (TPSA) is 20.3 Å². The highest BCUT2D eigenvalue weighted by atomic mass is 19.1. The molecule has 1 aromatic rings. The smallest absolute Gasteiger partial charge is 0.253 e. The Bertz CT molecular complexity index is 372. The second-order valence-corrected chi connectivity index (χ2v) is 3.61. The molecule has 0 aromatic heterocycles. The van der Waals surface area contributed by atoms with Crippen LogP contribution in [0.3, 0.4) is 0 Å². The normalized spacial score (nSPS) is 15.1. The van der Waals surface area contributed by atoms with Gasteiger partial charge in [-0.25, -0.2) is 4.39 Å². The monoisotopic (exact) mass is 193 g/mol. The van der Waals surface area contributed by atoms with Crippen molar-refractivity contribution < 1.29 is 9.18 Å². The largest absolute Gasteiger partial charge is 0.339 e. The van der Waals surface area contributed by atoms with E-state index in [1.54, 1.807) is 24.0 Å². The van der Waals surface area contributed by atoms with Gasteiger partial charge in [-0.1, -0.05) is 6.07 Å². The molecule has 0 spiro atoms. The number of benzene rings is 1. The molecule has 0 radical (unpaired) electrons. The summed E-state index contributed by atoms with van der Waals surface area (Å²) in [5.41, 5.74) is 1.03. The Morgan fingerprint density at radius 3 is 2.64 bits per heavy atom. The van der Waals surface area contributed by atoms with Gasteiger partial charge in [-0.15, -0.1) is 0 Å². The summed E-state index contributed by atoms with van der Waals surface area (Å²) in [7, 11) is 0. The van der Waals surface area contributed by atoms with Crippen molar-refractivity contribution in [3.05, 3.63) is 35.1 Å². The second kappa shape index (κ2) is 3.40. The van der Waals surface area contributed by atoms with Gasteiger partial charge in [0.05, 0.1) is 0 Å². The molecule has 1 aliphatic rings. The SMILES string of the molecule is Cc1ccc(C(=O)N2CCC2)cc1F. The molecule has 0 saturated carbocycles. The quantitative estimate of drug-likeness (QED) is 0.667. The summed E-state index contributed by atoms with van der Waals surface area (Å²) in [6, 6.07) is 4.64. The molecule has 3 heteroatoms. The molecule has 1 saturated heterocycles. The summed E-state index contributed by atoms with van der Waals surface area (Å²) in [6.07, 6.45) is 1.06. The van der Waals surface area contributed by atoms with Gasteiger partial charge < -0.3 is 4.90 Å². The van der Waals surface area contributed by atoms with E-state index < -0.39 is 0 Å². The molecular formula is C11H12FNO. The molecule has 0 N–H and O–H groups in total. The zero-order valence-electron chi connectivity index (χ0n) is 8.09. The van der Waals surface area contributed by atoms with Crippen LogP contribution in [0.1, 0.15) is 22.3 Å². The van der Waals surface area contributed by atoms with Crippen molar-refractivity contribution in [2.45, 2.75) is 13.3 Å². The fourth-order valence-corrected chi connectivity index (χ4v) is 1.43. The molecule has 1 aromatic carbocycles. The van der Waals surface area contributed by atoms with E-state index >= 15 is 0 Å². The van der Waals surface area contributed by atoms with Crippen molar-refractivity contribution in [3.63, 3.8) is 0 Å². The molecule has 2 nitrogen and oxygen atoms in total. The molecule has 1 amide bonds. The third-order valence-electron chi connectivity index (χ3n) is 2.56. The molecule has 0 aliphatic carbocycles. The van der Waals surface area contributed by atoms with Crippen LogP contribution in [0.4, 0.5) is 4.39 Å². The number of amides is 1. The van der Waals surface area contributed by atoms with Crippen LogP contribution in [0, 0.1) is 12.7 Å². The summed E-state index contributed by atoms with van der Waals surface area (Å²) < 4.78 is 13.2. The summed E-state index contributed by atoms with van der Waals surface area (Å²) in [6.45, 7) is 3.29. The number of nitrogens with zero attached hydrogens (tertiary/aromatic N) is 1. The Morgan fingerprint density at radius 1 is 1.43 bits per heavy atom. The number of hydrogen-bond acceptors (Lipinski definition) is 1. The minimum atomic E-state index is -0.309. The lowest BCUT2D eigenvalue weighted by Crippen LogP contribution is -2.42. The van der Waals surface area contributed by atoms with E-state index in [-0.39, 0.29) is 11.7 Å². The first-order valence-electron chi connectivity index (χ1n) is 4.74. The third-order valence-corrected chi connectivity index (χ3v) is 2.56. The highest BCUT2D eigenvalue weighted by Gasteiger charge is 2.21. The second-order valence-electron chi connectivity index (χ2n) is 3.61. The van der Waals surface area contributed by atoms with Crippen molar-refractivity contribution in [2.24, 2.45) is 0 Å². The fraction of sp³-hybridized carbons (Fsp3) is 0.364. The zero-order chi connectivity index (χ0) is 10.1. The van der Waals surface area contributed by atoms with E-state index in [9.17, 15) is 9.18 Å². The van der Waals surface area contributed by atoms with Crippen LogP contribution in [0.2, 0.25) is 0 Å². The van der Waals surface area contributed by atoms with E-state index in [0.717, 1.165) is 19.5 Å².